The Morgan fingerprint density at radius 3 is 2.65 bits per heavy atom. The minimum Gasteiger partial charge on any atom is -0.349 e. The molecule has 1 amide bonds. The lowest BCUT2D eigenvalue weighted by Gasteiger charge is -2.17. The molecule has 1 aliphatic carbocycles. The standard InChI is InChI=1S/C17H22FNO3S/c1-12(19-17(20)10-13-6-4-3-5-7-13)14-8-9-16(15(18)11-14)23(2,21)22/h6,8-9,11-12H,3-5,7,10H2,1-2H3,(H,19,20)/t12-/m1/s1. The molecule has 2 rings (SSSR count). The van der Waals surface area contributed by atoms with Gasteiger partial charge in [0, 0.05) is 12.7 Å². The lowest BCUT2D eigenvalue weighted by atomic mass is 9.97. The van der Waals surface area contributed by atoms with Crippen molar-refractivity contribution in [1.82, 2.24) is 5.32 Å². The molecule has 6 heteroatoms. The minimum absolute atomic E-state index is 0.0988. The van der Waals surface area contributed by atoms with E-state index in [1.54, 1.807) is 6.92 Å². The average Bonchev–Trinajstić information content (AvgIpc) is 2.46. The first-order chi connectivity index (χ1) is 10.8. The van der Waals surface area contributed by atoms with Crippen LogP contribution in [0.5, 0.6) is 0 Å². The van der Waals surface area contributed by atoms with Crippen molar-refractivity contribution in [2.45, 2.75) is 50.0 Å². The Morgan fingerprint density at radius 1 is 1.35 bits per heavy atom. The molecule has 0 saturated carbocycles. The highest BCUT2D eigenvalue weighted by Crippen LogP contribution is 2.22. The second-order valence-electron chi connectivity index (χ2n) is 6.04. The number of sulfone groups is 1. The van der Waals surface area contributed by atoms with Crippen LogP contribution in [0.1, 0.15) is 50.6 Å². The van der Waals surface area contributed by atoms with Crippen molar-refractivity contribution < 1.29 is 17.6 Å². The predicted molar refractivity (Wildman–Crippen MR) is 87.2 cm³/mol. The second-order valence-corrected chi connectivity index (χ2v) is 8.02. The van der Waals surface area contributed by atoms with E-state index in [2.05, 4.69) is 11.4 Å². The van der Waals surface area contributed by atoms with Crippen LogP contribution in [0, 0.1) is 5.82 Å². The molecule has 0 spiro atoms. The first-order valence-electron chi connectivity index (χ1n) is 7.74. The van der Waals surface area contributed by atoms with E-state index in [9.17, 15) is 17.6 Å². The van der Waals surface area contributed by atoms with Crippen LogP contribution in [0.2, 0.25) is 0 Å². The number of amides is 1. The van der Waals surface area contributed by atoms with E-state index < -0.39 is 15.7 Å². The Bertz CT molecular complexity index is 725. The molecule has 0 heterocycles. The van der Waals surface area contributed by atoms with Gasteiger partial charge in [0.1, 0.15) is 10.7 Å². The fraction of sp³-hybridized carbons (Fsp3) is 0.471. The molecule has 0 fully saturated rings. The van der Waals surface area contributed by atoms with Gasteiger partial charge in [-0.2, -0.15) is 0 Å². The number of benzene rings is 1. The molecule has 23 heavy (non-hydrogen) atoms. The van der Waals surface area contributed by atoms with Gasteiger partial charge in [0.25, 0.3) is 0 Å². The highest BCUT2D eigenvalue weighted by molar-refractivity contribution is 7.90. The highest BCUT2D eigenvalue weighted by Gasteiger charge is 2.17. The van der Waals surface area contributed by atoms with Gasteiger partial charge in [0.05, 0.1) is 6.04 Å². The topological polar surface area (TPSA) is 63.2 Å². The van der Waals surface area contributed by atoms with E-state index in [1.165, 1.54) is 24.6 Å². The normalized spacial score (nSPS) is 16.6. The highest BCUT2D eigenvalue weighted by atomic mass is 32.2. The van der Waals surface area contributed by atoms with Crippen molar-refractivity contribution in [1.29, 1.82) is 0 Å². The minimum atomic E-state index is -3.59. The van der Waals surface area contributed by atoms with Crippen LogP contribution in [-0.2, 0) is 14.6 Å². The Kier molecular flexibility index (Phi) is 5.57. The van der Waals surface area contributed by atoms with Gasteiger partial charge >= 0.3 is 0 Å². The summed E-state index contributed by atoms with van der Waals surface area (Å²) in [5.41, 5.74) is 1.69. The van der Waals surface area contributed by atoms with E-state index in [4.69, 9.17) is 0 Å². The molecule has 4 nitrogen and oxygen atoms in total. The molecule has 0 aliphatic heterocycles. The smallest absolute Gasteiger partial charge is 0.224 e. The number of halogens is 1. The molecule has 1 aromatic carbocycles. The number of carbonyl (C=O) groups is 1. The van der Waals surface area contributed by atoms with E-state index >= 15 is 0 Å². The molecule has 1 atom stereocenters. The van der Waals surface area contributed by atoms with E-state index in [1.807, 2.05) is 0 Å². The third-order valence-electron chi connectivity index (χ3n) is 4.01. The largest absolute Gasteiger partial charge is 0.349 e. The van der Waals surface area contributed by atoms with Gasteiger partial charge in [0.15, 0.2) is 9.84 Å². The van der Waals surface area contributed by atoms with E-state index in [-0.39, 0.29) is 16.8 Å². The number of carbonyl (C=O) groups excluding carboxylic acids is 1. The van der Waals surface area contributed by atoms with Gasteiger partial charge in [-0.25, -0.2) is 12.8 Å². The number of hydrogen-bond donors (Lipinski definition) is 1. The van der Waals surface area contributed by atoms with Crippen LogP contribution in [0.15, 0.2) is 34.7 Å². The molecule has 1 aromatic rings. The maximum atomic E-state index is 13.9. The number of rotatable bonds is 5. The van der Waals surface area contributed by atoms with Crippen molar-refractivity contribution >= 4 is 15.7 Å². The van der Waals surface area contributed by atoms with Crippen molar-refractivity contribution in [2.24, 2.45) is 0 Å². The second kappa shape index (κ2) is 7.25. The van der Waals surface area contributed by atoms with Crippen LogP contribution in [0.4, 0.5) is 4.39 Å². The molecule has 0 saturated heterocycles. The van der Waals surface area contributed by atoms with Gasteiger partial charge in [-0.15, -0.1) is 0 Å². The van der Waals surface area contributed by atoms with Crippen LogP contribution in [-0.4, -0.2) is 20.6 Å². The van der Waals surface area contributed by atoms with Gasteiger partial charge in [-0.05, 0) is 50.3 Å². The monoisotopic (exact) mass is 339 g/mol. The van der Waals surface area contributed by atoms with Crippen LogP contribution in [0.3, 0.4) is 0 Å². The zero-order chi connectivity index (χ0) is 17.0. The van der Waals surface area contributed by atoms with Crippen molar-refractivity contribution in [3.05, 3.63) is 41.2 Å². The summed E-state index contributed by atoms with van der Waals surface area (Å²) in [7, 11) is -3.59. The summed E-state index contributed by atoms with van der Waals surface area (Å²) in [6, 6.07) is 3.56. The SMILES string of the molecule is C[C@@H](NC(=O)CC1=CCCCC1)c1ccc(S(C)(=O)=O)c(F)c1. The summed E-state index contributed by atoms with van der Waals surface area (Å²) >= 11 is 0. The number of allylic oxidation sites excluding steroid dienone is 1. The van der Waals surface area contributed by atoms with Crippen LogP contribution >= 0.6 is 0 Å². The Morgan fingerprint density at radius 2 is 2.09 bits per heavy atom. The van der Waals surface area contributed by atoms with Crippen LogP contribution in [0.25, 0.3) is 0 Å². The van der Waals surface area contributed by atoms with Gasteiger partial charge < -0.3 is 5.32 Å². The van der Waals surface area contributed by atoms with E-state index in [0.717, 1.165) is 31.1 Å². The molecule has 0 bridgehead atoms. The third-order valence-corrected chi connectivity index (χ3v) is 5.14. The molecule has 0 unspecified atom stereocenters. The first-order valence-corrected chi connectivity index (χ1v) is 9.63. The fourth-order valence-corrected chi connectivity index (χ4v) is 3.46. The number of hydrogen-bond acceptors (Lipinski definition) is 3. The molecular formula is C17H22FNO3S. The first kappa shape index (κ1) is 17.7. The van der Waals surface area contributed by atoms with Crippen molar-refractivity contribution in [3.63, 3.8) is 0 Å². The predicted octanol–water partition coefficient (Wildman–Crippen LogP) is 3.30. The van der Waals surface area contributed by atoms with Crippen molar-refractivity contribution in [2.75, 3.05) is 6.26 Å². The maximum Gasteiger partial charge on any atom is 0.224 e. The van der Waals surface area contributed by atoms with Crippen LogP contribution < -0.4 is 5.32 Å². The van der Waals surface area contributed by atoms with Crippen molar-refractivity contribution in [3.8, 4) is 0 Å². The molecule has 0 aromatic heterocycles. The Hall–Kier alpha value is -1.69. The summed E-state index contributed by atoms with van der Waals surface area (Å²) in [6.45, 7) is 1.75. The molecule has 0 radical (unpaired) electrons. The quantitative estimate of drug-likeness (QED) is 0.837. The van der Waals surface area contributed by atoms with Gasteiger partial charge in [-0.1, -0.05) is 17.7 Å². The molecule has 126 valence electrons. The summed E-state index contributed by atoms with van der Waals surface area (Å²) < 4.78 is 36.8. The molecule has 1 aliphatic rings. The maximum absolute atomic E-state index is 13.9. The lowest BCUT2D eigenvalue weighted by Crippen LogP contribution is -2.27. The summed E-state index contributed by atoms with van der Waals surface area (Å²) in [6.07, 6.45) is 7.73. The average molecular weight is 339 g/mol. The molecule has 1 N–H and O–H groups in total. The van der Waals surface area contributed by atoms with Gasteiger partial charge in [-0.3, -0.25) is 4.79 Å². The fourth-order valence-electron chi connectivity index (χ4n) is 2.73. The summed E-state index contributed by atoms with van der Waals surface area (Å²) in [5.74, 6) is -0.890. The number of nitrogens with one attached hydrogen (secondary N) is 1. The summed E-state index contributed by atoms with van der Waals surface area (Å²) in [4.78, 5) is 11.7. The third kappa shape index (κ3) is 4.89. The zero-order valence-corrected chi connectivity index (χ0v) is 14.2. The Labute approximate surface area is 136 Å². The van der Waals surface area contributed by atoms with E-state index in [0.29, 0.717) is 12.0 Å². The Balaban J connectivity index is 2.03. The summed E-state index contributed by atoms with van der Waals surface area (Å²) in [5, 5.41) is 2.83. The lowest BCUT2D eigenvalue weighted by molar-refractivity contribution is -0.121. The molecular weight excluding hydrogens is 317 g/mol. The van der Waals surface area contributed by atoms with Gasteiger partial charge in [0.2, 0.25) is 5.91 Å². The zero-order valence-electron chi connectivity index (χ0n) is 13.4.